The summed E-state index contributed by atoms with van der Waals surface area (Å²) in [6.45, 7) is 4.08. The highest BCUT2D eigenvalue weighted by Crippen LogP contribution is 2.25. The molecule has 0 aromatic heterocycles. The van der Waals surface area contributed by atoms with Gasteiger partial charge in [-0.1, -0.05) is 24.9 Å². The van der Waals surface area contributed by atoms with Crippen molar-refractivity contribution in [3.8, 4) is 0 Å². The molecular weight excluding hydrogens is 266 g/mol. The summed E-state index contributed by atoms with van der Waals surface area (Å²) in [5.41, 5.74) is 1.04. The molecule has 1 aromatic rings. The van der Waals surface area contributed by atoms with Crippen LogP contribution in [0, 0.1) is 0 Å². The Hall–Kier alpha value is -1.75. The number of halogens is 1. The summed E-state index contributed by atoms with van der Waals surface area (Å²) < 4.78 is 0. The monoisotopic (exact) mass is 283 g/mol. The number of carbonyl (C=O) groups excluding carboxylic acids is 2. The number of benzene rings is 1. The summed E-state index contributed by atoms with van der Waals surface area (Å²) in [5, 5.41) is 8.42. The summed E-state index contributed by atoms with van der Waals surface area (Å²) >= 11 is 5.98. The third-order valence-electron chi connectivity index (χ3n) is 2.35. The molecular formula is C13H18ClN3O2. The van der Waals surface area contributed by atoms with Crippen LogP contribution in [-0.4, -0.2) is 18.5 Å². The van der Waals surface area contributed by atoms with E-state index in [0.717, 1.165) is 12.8 Å². The number of rotatable bonds is 5. The fourth-order valence-corrected chi connectivity index (χ4v) is 1.61. The van der Waals surface area contributed by atoms with Gasteiger partial charge in [-0.3, -0.25) is 4.79 Å². The van der Waals surface area contributed by atoms with Crippen LogP contribution >= 0.6 is 11.6 Å². The Morgan fingerprint density at radius 1 is 1.26 bits per heavy atom. The van der Waals surface area contributed by atoms with Crippen molar-refractivity contribution in [1.82, 2.24) is 5.32 Å². The fraction of sp³-hybridized carbons (Fsp3) is 0.385. The van der Waals surface area contributed by atoms with Crippen molar-refractivity contribution in [2.24, 2.45) is 0 Å². The van der Waals surface area contributed by atoms with Crippen LogP contribution in [0.25, 0.3) is 0 Å². The zero-order chi connectivity index (χ0) is 14.3. The van der Waals surface area contributed by atoms with Gasteiger partial charge in [0.1, 0.15) is 0 Å². The molecule has 0 aliphatic rings. The number of carbonyl (C=O) groups is 2. The minimum atomic E-state index is -0.310. The van der Waals surface area contributed by atoms with Crippen molar-refractivity contribution in [2.45, 2.75) is 26.7 Å². The number of amides is 3. The average molecular weight is 284 g/mol. The van der Waals surface area contributed by atoms with E-state index in [-0.39, 0.29) is 11.9 Å². The average Bonchev–Trinajstić information content (AvgIpc) is 2.33. The van der Waals surface area contributed by atoms with E-state index in [2.05, 4.69) is 16.0 Å². The Morgan fingerprint density at radius 2 is 2.00 bits per heavy atom. The summed E-state index contributed by atoms with van der Waals surface area (Å²) in [5.74, 6) is -0.180. The highest BCUT2D eigenvalue weighted by Gasteiger charge is 2.06. The van der Waals surface area contributed by atoms with Gasteiger partial charge in [-0.05, 0) is 24.6 Å². The first kappa shape index (κ1) is 15.3. The Labute approximate surface area is 117 Å². The third kappa shape index (κ3) is 5.61. The van der Waals surface area contributed by atoms with E-state index in [4.69, 9.17) is 11.6 Å². The molecule has 0 fully saturated rings. The van der Waals surface area contributed by atoms with E-state index in [9.17, 15) is 9.59 Å². The van der Waals surface area contributed by atoms with Gasteiger partial charge in [0.15, 0.2) is 0 Å². The molecule has 104 valence electrons. The maximum Gasteiger partial charge on any atom is 0.319 e. The van der Waals surface area contributed by atoms with Gasteiger partial charge in [0, 0.05) is 19.2 Å². The van der Waals surface area contributed by atoms with Gasteiger partial charge in [-0.25, -0.2) is 4.79 Å². The van der Waals surface area contributed by atoms with Crippen LogP contribution in [0.2, 0.25) is 5.02 Å². The molecule has 1 rings (SSSR count). The van der Waals surface area contributed by atoms with E-state index in [1.165, 1.54) is 6.92 Å². The first-order chi connectivity index (χ1) is 9.02. The second-order valence-corrected chi connectivity index (χ2v) is 4.52. The predicted octanol–water partition coefficient (Wildman–Crippen LogP) is 3.22. The Balaban J connectivity index is 2.65. The summed E-state index contributed by atoms with van der Waals surface area (Å²) in [6.07, 6.45) is 1.94. The first-order valence-electron chi connectivity index (χ1n) is 6.15. The van der Waals surface area contributed by atoms with Crippen LogP contribution in [0.15, 0.2) is 18.2 Å². The lowest BCUT2D eigenvalue weighted by Crippen LogP contribution is -2.29. The van der Waals surface area contributed by atoms with Crippen LogP contribution in [0.3, 0.4) is 0 Å². The molecule has 0 spiro atoms. The van der Waals surface area contributed by atoms with Gasteiger partial charge in [0.2, 0.25) is 5.91 Å². The van der Waals surface area contributed by atoms with Gasteiger partial charge >= 0.3 is 6.03 Å². The maximum absolute atomic E-state index is 11.6. The molecule has 1 aromatic carbocycles. The maximum atomic E-state index is 11.6. The highest BCUT2D eigenvalue weighted by molar-refractivity contribution is 6.33. The predicted molar refractivity (Wildman–Crippen MR) is 77.7 cm³/mol. The third-order valence-corrected chi connectivity index (χ3v) is 2.68. The standard InChI is InChI=1S/C13H18ClN3O2/c1-3-4-7-15-13(19)17-12-8-10(16-9(2)18)5-6-11(12)14/h5-6,8H,3-4,7H2,1-2H3,(H,16,18)(H2,15,17,19). The SMILES string of the molecule is CCCCNC(=O)Nc1cc(NC(C)=O)ccc1Cl. The Kier molecular flexibility index (Phi) is 6.15. The number of nitrogens with one attached hydrogen (secondary N) is 3. The molecule has 0 aliphatic carbocycles. The normalized spacial score (nSPS) is 9.84. The molecule has 19 heavy (non-hydrogen) atoms. The van der Waals surface area contributed by atoms with Crippen molar-refractivity contribution >= 4 is 34.9 Å². The number of unbranched alkanes of at least 4 members (excludes halogenated alkanes) is 1. The highest BCUT2D eigenvalue weighted by atomic mass is 35.5. The lowest BCUT2D eigenvalue weighted by molar-refractivity contribution is -0.114. The molecule has 0 heterocycles. The van der Waals surface area contributed by atoms with Crippen LogP contribution in [0.5, 0.6) is 0 Å². The van der Waals surface area contributed by atoms with E-state index in [0.29, 0.717) is 22.9 Å². The number of hydrogen-bond acceptors (Lipinski definition) is 2. The van der Waals surface area contributed by atoms with Crippen molar-refractivity contribution in [3.63, 3.8) is 0 Å². The molecule has 5 nitrogen and oxygen atoms in total. The van der Waals surface area contributed by atoms with Crippen molar-refractivity contribution in [2.75, 3.05) is 17.2 Å². The molecule has 0 bridgehead atoms. The fourth-order valence-electron chi connectivity index (χ4n) is 1.45. The number of hydrogen-bond donors (Lipinski definition) is 3. The van der Waals surface area contributed by atoms with Crippen molar-refractivity contribution in [3.05, 3.63) is 23.2 Å². The van der Waals surface area contributed by atoms with Gasteiger partial charge in [0.25, 0.3) is 0 Å². The zero-order valence-corrected chi connectivity index (χ0v) is 11.8. The largest absolute Gasteiger partial charge is 0.338 e. The van der Waals surface area contributed by atoms with E-state index in [1.807, 2.05) is 6.92 Å². The van der Waals surface area contributed by atoms with Gasteiger partial charge in [-0.2, -0.15) is 0 Å². The molecule has 0 unspecified atom stereocenters. The first-order valence-corrected chi connectivity index (χ1v) is 6.52. The number of urea groups is 1. The minimum absolute atomic E-state index is 0.180. The topological polar surface area (TPSA) is 70.2 Å². The molecule has 0 saturated heterocycles. The zero-order valence-electron chi connectivity index (χ0n) is 11.0. The molecule has 0 radical (unpaired) electrons. The lowest BCUT2D eigenvalue weighted by Gasteiger charge is -2.10. The van der Waals surface area contributed by atoms with E-state index < -0.39 is 0 Å². The van der Waals surface area contributed by atoms with Gasteiger partial charge in [-0.15, -0.1) is 0 Å². The molecule has 3 N–H and O–H groups in total. The Morgan fingerprint density at radius 3 is 2.63 bits per heavy atom. The van der Waals surface area contributed by atoms with Crippen LogP contribution in [0.4, 0.5) is 16.2 Å². The van der Waals surface area contributed by atoms with Crippen molar-refractivity contribution < 1.29 is 9.59 Å². The second-order valence-electron chi connectivity index (χ2n) is 4.11. The van der Waals surface area contributed by atoms with Crippen LogP contribution in [0.1, 0.15) is 26.7 Å². The molecule has 3 amide bonds. The molecule has 0 atom stereocenters. The number of anilines is 2. The molecule has 0 saturated carbocycles. The summed E-state index contributed by atoms with van der Waals surface area (Å²) in [4.78, 5) is 22.6. The van der Waals surface area contributed by atoms with Crippen molar-refractivity contribution in [1.29, 1.82) is 0 Å². The van der Waals surface area contributed by atoms with E-state index >= 15 is 0 Å². The van der Waals surface area contributed by atoms with E-state index in [1.54, 1.807) is 18.2 Å². The summed E-state index contributed by atoms with van der Waals surface area (Å²) in [7, 11) is 0. The Bertz CT molecular complexity index is 463. The second kappa shape index (κ2) is 7.63. The van der Waals surface area contributed by atoms with Gasteiger partial charge < -0.3 is 16.0 Å². The summed E-state index contributed by atoms with van der Waals surface area (Å²) in [6, 6.07) is 4.59. The molecule has 0 aliphatic heterocycles. The molecule has 6 heteroatoms. The van der Waals surface area contributed by atoms with Crippen LogP contribution < -0.4 is 16.0 Å². The smallest absolute Gasteiger partial charge is 0.319 e. The van der Waals surface area contributed by atoms with Gasteiger partial charge in [0.05, 0.1) is 10.7 Å². The van der Waals surface area contributed by atoms with Crippen LogP contribution in [-0.2, 0) is 4.79 Å². The minimum Gasteiger partial charge on any atom is -0.338 e. The lowest BCUT2D eigenvalue weighted by atomic mass is 10.2. The quantitative estimate of drug-likeness (QED) is 0.726.